The van der Waals surface area contributed by atoms with Gasteiger partial charge >= 0.3 is 24.1 Å². The minimum absolute atomic E-state index is 0.00879. The van der Waals surface area contributed by atoms with E-state index >= 15 is 0 Å². The van der Waals surface area contributed by atoms with Crippen molar-refractivity contribution in [2.45, 2.75) is 190 Å². The van der Waals surface area contributed by atoms with Crippen LogP contribution in [0.25, 0.3) is 0 Å². The number of nitrogens with zero attached hydrogens (tertiary/aromatic N) is 4. The molecule has 0 spiro atoms. The van der Waals surface area contributed by atoms with Crippen LogP contribution in [0.15, 0.2) is 66.8 Å². The molecule has 648 valence electrons. The number of aliphatic hydroxyl groups is 3. The Labute approximate surface area is 680 Å². The number of aliphatic hydroxyl groups excluding tert-OH is 3. The molecule has 0 bridgehead atoms. The number of ketones is 4. The second-order valence-corrected chi connectivity index (χ2v) is 32.7. The number of esters is 2. The number of amides is 10. The molecule has 37 heteroatoms. The highest BCUT2D eigenvalue weighted by molar-refractivity contribution is 7.85. The summed E-state index contributed by atoms with van der Waals surface area (Å²) in [6.45, 7) is 17.5. The molecule has 3 heterocycles. The highest BCUT2D eigenvalue weighted by atomic mass is 32.2. The highest BCUT2D eigenvalue weighted by Crippen LogP contribution is 2.27. The van der Waals surface area contributed by atoms with Crippen molar-refractivity contribution in [2.24, 2.45) is 40.2 Å². The molecule has 1 fully saturated rings. The Morgan fingerprint density at radius 1 is 0.624 bits per heavy atom. The topological polar surface area (TPSA) is 526 Å². The van der Waals surface area contributed by atoms with Crippen molar-refractivity contribution in [2.75, 3.05) is 85.1 Å². The number of hydrogen-bond donors (Lipinski definition) is 8. The first-order valence-corrected chi connectivity index (χ1v) is 39.9. The third kappa shape index (κ3) is 36.6. The number of primary amides is 1. The molecule has 10 amide bonds. The van der Waals surface area contributed by atoms with Gasteiger partial charge in [-0.2, -0.15) is 18.0 Å². The Kier molecular flexibility index (Phi) is 42.6. The molecule has 8 atom stereocenters. The lowest BCUT2D eigenvalue weighted by Crippen LogP contribution is -2.52. The maximum absolute atomic E-state index is 13.7. The molecule has 2 aromatic rings. The Balaban J connectivity index is 0.000000585. The van der Waals surface area contributed by atoms with Gasteiger partial charge < -0.3 is 70.5 Å². The predicted octanol–water partition coefficient (Wildman–Crippen LogP) is 1.34. The van der Waals surface area contributed by atoms with Gasteiger partial charge in [0.1, 0.15) is 56.2 Å². The van der Waals surface area contributed by atoms with Gasteiger partial charge in [-0.05, 0) is 114 Å². The van der Waals surface area contributed by atoms with E-state index in [-0.39, 0.29) is 165 Å². The van der Waals surface area contributed by atoms with E-state index in [2.05, 4.69) is 16.0 Å². The molecule has 36 nitrogen and oxygen atoms in total. The zero-order valence-corrected chi connectivity index (χ0v) is 69.3. The SMILES string of the molecule is CC(C)[C@H](CC(=O)CCN(CCOCCS(=O)(=O)O)C(=O)CN1C(=O)C=CC1=O)C(=O)N[C@@H](CCCNC(N)=O)C(=O)Cc1ccc(COC(=O)C(C)(C)C)cc1.COCCN(CCC(=O)C[C@H](C(=O)N[C@@H](C)C(=O)Cc1ccc(COC(=O)C(C)(C)C)c(CC[C@@H]2OC[C@@H](O)[C@H](O)[C@H]2O)c1)C(C)C)C(=O)CN1C(=O)C=CC1=O.O=C=O. The van der Waals surface area contributed by atoms with Gasteiger partial charge in [-0.25, -0.2) is 4.79 Å². The lowest BCUT2D eigenvalue weighted by Gasteiger charge is -2.35. The molecule has 2 aromatic carbocycles. The van der Waals surface area contributed by atoms with E-state index in [1.165, 1.54) is 16.9 Å². The lowest BCUT2D eigenvalue weighted by molar-refractivity contribution is -0.192. The van der Waals surface area contributed by atoms with Gasteiger partial charge in [0.25, 0.3) is 33.7 Å². The number of rotatable bonds is 46. The van der Waals surface area contributed by atoms with E-state index in [0.29, 0.717) is 29.5 Å². The Bertz CT molecular complexity index is 3970. The third-order valence-corrected chi connectivity index (χ3v) is 19.7. The number of benzene rings is 2. The fourth-order valence-corrected chi connectivity index (χ4v) is 12.1. The molecule has 9 N–H and O–H groups in total. The molecule has 3 aliphatic heterocycles. The largest absolute Gasteiger partial charge is 0.460 e. The van der Waals surface area contributed by atoms with Crippen LogP contribution in [-0.4, -0.2) is 264 Å². The summed E-state index contributed by atoms with van der Waals surface area (Å²) in [5.74, 6) is -9.78. The van der Waals surface area contributed by atoms with E-state index in [0.717, 1.165) is 45.2 Å². The summed E-state index contributed by atoms with van der Waals surface area (Å²) in [5, 5.41) is 38.4. The van der Waals surface area contributed by atoms with Crippen LogP contribution >= 0.6 is 0 Å². The maximum atomic E-state index is 13.7. The van der Waals surface area contributed by atoms with Gasteiger partial charge in [0.15, 0.2) is 11.6 Å². The van der Waals surface area contributed by atoms with Gasteiger partial charge in [0, 0.05) is 114 Å². The summed E-state index contributed by atoms with van der Waals surface area (Å²) in [5.41, 5.74) is 7.19. The Morgan fingerprint density at radius 3 is 1.56 bits per heavy atom. The highest BCUT2D eigenvalue weighted by Gasteiger charge is 2.39. The molecule has 0 aliphatic carbocycles. The van der Waals surface area contributed by atoms with Crippen LogP contribution in [0.3, 0.4) is 0 Å². The van der Waals surface area contributed by atoms with Crippen molar-refractivity contribution in [3.63, 3.8) is 0 Å². The molecule has 3 aliphatic rings. The van der Waals surface area contributed by atoms with Crippen LogP contribution in [0.1, 0.15) is 149 Å². The smallest absolute Gasteiger partial charge is 0.373 e. The Morgan fingerprint density at radius 2 is 1.09 bits per heavy atom. The molecular weight excluding hydrogens is 1550 g/mol. The van der Waals surface area contributed by atoms with Crippen molar-refractivity contribution >= 4 is 105 Å². The molecule has 5 rings (SSSR count). The number of carbonyl (C=O) groups is 15. The molecule has 1 saturated heterocycles. The summed E-state index contributed by atoms with van der Waals surface area (Å²) >= 11 is 0. The van der Waals surface area contributed by atoms with Gasteiger partial charge in [-0.15, -0.1) is 0 Å². The van der Waals surface area contributed by atoms with Crippen molar-refractivity contribution < 1.29 is 133 Å². The zero-order valence-electron chi connectivity index (χ0n) is 68.5. The first-order chi connectivity index (χ1) is 54.7. The van der Waals surface area contributed by atoms with E-state index in [9.17, 15) is 95.7 Å². The summed E-state index contributed by atoms with van der Waals surface area (Å²) in [4.78, 5) is 211. The fourth-order valence-electron chi connectivity index (χ4n) is 11.7. The first-order valence-electron chi connectivity index (χ1n) is 38.3. The average Bonchev–Trinajstić information content (AvgIpc) is 1.73. The number of hydrogen-bond acceptors (Lipinski definition) is 27. The molecule has 0 radical (unpaired) electrons. The van der Waals surface area contributed by atoms with Crippen LogP contribution in [0, 0.1) is 34.5 Å². The zero-order chi connectivity index (χ0) is 88.2. The molecule has 0 aromatic heterocycles. The Hall–Kier alpha value is -9.98. The number of nitrogens with two attached hydrogens (primary N) is 1. The van der Waals surface area contributed by atoms with Crippen LogP contribution < -0.4 is 21.7 Å². The molecule has 0 saturated carbocycles. The maximum Gasteiger partial charge on any atom is 0.373 e. The number of Topliss-reactive ketones (excluding diaryl/α,β-unsaturated/α-hetero) is 4. The average molecular weight is 1670 g/mol. The monoisotopic (exact) mass is 1670 g/mol. The summed E-state index contributed by atoms with van der Waals surface area (Å²) in [6, 6.07) is 9.56. The van der Waals surface area contributed by atoms with Crippen molar-refractivity contribution in [3.8, 4) is 0 Å². The van der Waals surface area contributed by atoms with Crippen LogP contribution in [0.4, 0.5) is 4.79 Å². The van der Waals surface area contributed by atoms with Crippen molar-refractivity contribution in [1.82, 2.24) is 35.6 Å². The second-order valence-electron chi connectivity index (χ2n) is 31.2. The minimum atomic E-state index is -4.28. The van der Waals surface area contributed by atoms with E-state index < -0.39 is 153 Å². The number of ether oxygens (including phenoxy) is 5. The number of methoxy groups -OCH3 is 1. The number of imide groups is 2. The minimum Gasteiger partial charge on any atom is -0.460 e. The normalized spacial score (nSPS) is 17.0. The van der Waals surface area contributed by atoms with E-state index in [1.54, 1.807) is 119 Å². The van der Waals surface area contributed by atoms with Crippen LogP contribution in [0.5, 0.6) is 0 Å². The third-order valence-electron chi connectivity index (χ3n) is 19.0. The lowest BCUT2D eigenvalue weighted by atomic mass is 9.88. The van der Waals surface area contributed by atoms with Gasteiger partial charge in [0.2, 0.25) is 23.6 Å². The standard InChI is InChI=1S/C41H59N3O13.C38H55N5O13S.CO2/c1-24(2)30(20-29(45)14-15-43(16-17-55-7)36(50)21-44-34(48)12-13-35(44)49)39(53)42-25(3)31(46)19-26-8-9-28(22-57-40(54)41(4,5)6)27(18-26)10-11-33-38(52)37(51)32(47)23-56-33;1-25(2)29(22-28(44)14-16-42(17-18-55-19-20-57(52,53)54)34(48)23-43-32(46)12-13-33(43)47)35(49)41-30(7-6-15-40-37(39)51)31(45)21-26-8-10-27(11-9-26)24-56-36(50)38(3,4)5;2-1-3/h8-9,12-13,18,24-25,30,32-33,37-38,47,51-52H,10-11,14-17,19-23H2,1-7H3,(H,42,53);8-13,25,29-30H,6-7,14-24H2,1-5H3,(H,41,49)(H3,39,40,51)(H,52,53,54);/t25-,30-,32+,33-,37-,38-;29-,30-;/m00./s1. The van der Waals surface area contributed by atoms with E-state index in [4.69, 9.17) is 43.6 Å². The van der Waals surface area contributed by atoms with Gasteiger partial charge in [-0.1, -0.05) is 70.2 Å². The summed E-state index contributed by atoms with van der Waals surface area (Å²) < 4.78 is 57.7. The van der Waals surface area contributed by atoms with Crippen molar-refractivity contribution in [1.29, 1.82) is 0 Å². The summed E-state index contributed by atoms with van der Waals surface area (Å²) in [6.07, 6.45) is 0.101. The second kappa shape index (κ2) is 49.3. The predicted molar refractivity (Wildman–Crippen MR) is 415 cm³/mol. The quantitative estimate of drug-likeness (QED) is 0.0201. The molecule has 0 unspecified atom stereocenters. The van der Waals surface area contributed by atoms with Crippen LogP contribution in [0.2, 0.25) is 0 Å². The molecular formula is C80H114N8O28S. The fraction of sp³-hybridized carbons (Fsp3) is 0.600. The first kappa shape index (κ1) is 101. The summed E-state index contributed by atoms with van der Waals surface area (Å²) in [7, 11) is -2.83. The van der Waals surface area contributed by atoms with E-state index in [1.807, 2.05) is 0 Å². The number of nitrogens with one attached hydrogen (secondary N) is 3. The number of carbonyl (C=O) groups excluding carboxylic acids is 17. The molecule has 117 heavy (non-hydrogen) atoms. The number of urea groups is 1. The van der Waals surface area contributed by atoms with Gasteiger partial charge in [-0.3, -0.25) is 81.5 Å². The number of aryl methyl sites for hydroxylation is 1. The van der Waals surface area contributed by atoms with Crippen molar-refractivity contribution in [3.05, 3.63) is 94.6 Å². The van der Waals surface area contributed by atoms with Crippen LogP contribution in [-0.2, 0) is 143 Å². The van der Waals surface area contributed by atoms with Gasteiger partial charge in [0.05, 0.1) is 61.2 Å².